The van der Waals surface area contributed by atoms with E-state index < -0.39 is 41.7 Å². The Labute approximate surface area is 214 Å². The molecule has 0 spiro atoms. The van der Waals surface area contributed by atoms with Crippen molar-refractivity contribution in [3.8, 4) is 0 Å². The molecule has 3 atom stereocenters. The zero-order chi connectivity index (χ0) is 27.5. The van der Waals surface area contributed by atoms with Gasteiger partial charge in [-0.25, -0.2) is 9.59 Å². The summed E-state index contributed by atoms with van der Waals surface area (Å²) in [5, 5.41) is 17.8. The molecule has 0 radical (unpaired) electrons. The number of nitrogens with one attached hydrogen (secondary N) is 3. The molecule has 0 saturated carbocycles. The maximum absolute atomic E-state index is 13.1. The Kier molecular flexibility index (Phi) is 12.6. The number of carbonyl (C=O) groups is 4. The number of benzene rings is 1. The van der Waals surface area contributed by atoms with Crippen LogP contribution in [-0.2, 0) is 25.5 Å². The smallest absolute Gasteiger partial charge is 0.408 e. The number of ether oxygens (including phenoxy) is 1. The molecule has 0 aliphatic carbocycles. The van der Waals surface area contributed by atoms with Crippen LogP contribution in [0.3, 0.4) is 0 Å². The van der Waals surface area contributed by atoms with Crippen LogP contribution in [-0.4, -0.2) is 59.1 Å². The third-order valence-electron chi connectivity index (χ3n) is 5.23. The number of ketones is 1. The fourth-order valence-corrected chi connectivity index (χ4v) is 3.61. The first-order valence-electron chi connectivity index (χ1n) is 12.5. The first-order chi connectivity index (χ1) is 16.7. The Morgan fingerprint density at radius 2 is 1.42 bits per heavy atom. The predicted octanol–water partition coefficient (Wildman–Crippen LogP) is 3.31. The van der Waals surface area contributed by atoms with Crippen LogP contribution in [0.4, 0.5) is 4.79 Å². The molecule has 0 bridgehead atoms. The summed E-state index contributed by atoms with van der Waals surface area (Å²) in [7, 11) is 0. The second-order valence-corrected chi connectivity index (χ2v) is 10.9. The number of Topliss-reactive ketones (excluding diaryl/α,β-unsaturated/α-hetero) is 1. The number of amides is 2. The molecule has 0 aliphatic rings. The average Bonchev–Trinajstić information content (AvgIpc) is 2.74. The number of alkyl carbamates (subject to hydrolysis) is 1. The summed E-state index contributed by atoms with van der Waals surface area (Å²) < 4.78 is 5.30. The van der Waals surface area contributed by atoms with Crippen LogP contribution in [0.1, 0.15) is 66.9 Å². The Bertz CT molecular complexity index is 864. The third-order valence-corrected chi connectivity index (χ3v) is 5.23. The van der Waals surface area contributed by atoms with Crippen molar-refractivity contribution in [1.82, 2.24) is 16.0 Å². The molecule has 36 heavy (non-hydrogen) atoms. The Morgan fingerprint density at radius 3 is 1.92 bits per heavy atom. The molecular formula is C27H43N3O6. The highest BCUT2D eigenvalue weighted by atomic mass is 16.6. The van der Waals surface area contributed by atoms with E-state index in [1.165, 1.54) is 0 Å². The van der Waals surface area contributed by atoms with E-state index in [1.807, 2.05) is 58.0 Å². The molecule has 0 unspecified atom stereocenters. The number of aliphatic carboxylic acids is 1. The summed E-state index contributed by atoms with van der Waals surface area (Å²) in [6.45, 7) is 12.7. The van der Waals surface area contributed by atoms with Gasteiger partial charge in [0.05, 0.1) is 18.6 Å². The van der Waals surface area contributed by atoms with Gasteiger partial charge in [-0.05, 0) is 57.4 Å². The molecule has 2 amide bonds. The number of hydrogen-bond acceptors (Lipinski definition) is 6. The van der Waals surface area contributed by atoms with Crippen molar-refractivity contribution >= 4 is 23.8 Å². The monoisotopic (exact) mass is 505 g/mol. The fraction of sp³-hybridized carbons (Fsp3) is 0.630. The third kappa shape index (κ3) is 12.7. The summed E-state index contributed by atoms with van der Waals surface area (Å²) in [5.41, 5.74) is 0.155. The highest BCUT2D eigenvalue weighted by Crippen LogP contribution is 2.11. The predicted molar refractivity (Wildman–Crippen MR) is 139 cm³/mol. The lowest BCUT2D eigenvalue weighted by atomic mass is 9.99. The van der Waals surface area contributed by atoms with Crippen molar-refractivity contribution in [2.24, 2.45) is 11.8 Å². The van der Waals surface area contributed by atoms with Gasteiger partial charge in [-0.15, -0.1) is 0 Å². The lowest BCUT2D eigenvalue weighted by Crippen LogP contribution is -2.54. The van der Waals surface area contributed by atoms with E-state index in [9.17, 15) is 24.3 Å². The van der Waals surface area contributed by atoms with E-state index in [0.29, 0.717) is 6.42 Å². The number of hydrogen-bond donors (Lipinski definition) is 4. The van der Waals surface area contributed by atoms with Crippen molar-refractivity contribution in [3.05, 3.63) is 35.9 Å². The average molecular weight is 506 g/mol. The van der Waals surface area contributed by atoms with Gasteiger partial charge in [-0.3, -0.25) is 14.9 Å². The zero-order valence-corrected chi connectivity index (χ0v) is 22.6. The second kappa shape index (κ2) is 14.6. The Hall–Kier alpha value is -2.94. The summed E-state index contributed by atoms with van der Waals surface area (Å²) in [6, 6.07) is 6.60. The first-order valence-corrected chi connectivity index (χ1v) is 12.5. The molecule has 0 heterocycles. The maximum Gasteiger partial charge on any atom is 0.408 e. The summed E-state index contributed by atoms with van der Waals surface area (Å²) in [5.74, 6) is -1.70. The fourth-order valence-electron chi connectivity index (χ4n) is 3.61. The Morgan fingerprint density at radius 1 is 0.861 bits per heavy atom. The minimum Gasteiger partial charge on any atom is -0.480 e. The second-order valence-electron chi connectivity index (χ2n) is 10.9. The molecule has 0 aromatic heterocycles. The zero-order valence-electron chi connectivity index (χ0n) is 22.6. The summed E-state index contributed by atoms with van der Waals surface area (Å²) in [6.07, 6.45) is 0.277. The minimum atomic E-state index is -1.11. The van der Waals surface area contributed by atoms with Crippen LogP contribution in [0.15, 0.2) is 30.3 Å². The van der Waals surface area contributed by atoms with Gasteiger partial charge in [0.1, 0.15) is 11.6 Å². The largest absolute Gasteiger partial charge is 0.480 e. The van der Waals surface area contributed by atoms with Gasteiger partial charge >= 0.3 is 12.1 Å². The lowest BCUT2D eigenvalue weighted by Gasteiger charge is -2.25. The molecule has 0 fully saturated rings. The van der Waals surface area contributed by atoms with Crippen LogP contribution in [0.5, 0.6) is 0 Å². The van der Waals surface area contributed by atoms with Gasteiger partial charge in [-0.1, -0.05) is 58.0 Å². The molecule has 0 saturated heterocycles. The van der Waals surface area contributed by atoms with Gasteiger partial charge < -0.3 is 20.5 Å². The van der Waals surface area contributed by atoms with Crippen LogP contribution in [0.2, 0.25) is 0 Å². The molecule has 1 rings (SSSR count). The maximum atomic E-state index is 13.1. The van der Waals surface area contributed by atoms with Crippen molar-refractivity contribution in [2.75, 3.05) is 6.54 Å². The van der Waals surface area contributed by atoms with Crippen molar-refractivity contribution < 1.29 is 29.0 Å². The van der Waals surface area contributed by atoms with Crippen molar-refractivity contribution in [1.29, 1.82) is 0 Å². The van der Waals surface area contributed by atoms with Crippen LogP contribution in [0.25, 0.3) is 0 Å². The van der Waals surface area contributed by atoms with Gasteiger partial charge in [0.2, 0.25) is 5.91 Å². The minimum absolute atomic E-state index is 0.0734. The van der Waals surface area contributed by atoms with E-state index >= 15 is 0 Å². The van der Waals surface area contributed by atoms with Crippen LogP contribution in [0, 0.1) is 11.8 Å². The van der Waals surface area contributed by atoms with Gasteiger partial charge in [-0.2, -0.15) is 0 Å². The van der Waals surface area contributed by atoms with E-state index in [-0.39, 0.29) is 37.0 Å². The molecule has 4 N–H and O–H groups in total. The number of carboxylic acids is 1. The lowest BCUT2D eigenvalue weighted by molar-refractivity contribution is -0.142. The molecule has 1 aromatic carbocycles. The van der Waals surface area contributed by atoms with E-state index in [4.69, 9.17) is 4.74 Å². The molecule has 202 valence electrons. The van der Waals surface area contributed by atoms with Crippen molar-refractivity contribution in [2.45, 2.75) is 91.5 Å². The quantitative estimate of drug-likeness (QED) is 0.305. The molecule has 9 nitrogen and oxygen atoms in total. The van der Waals surface area contributed by atoms with Gasteiger partial charge in [0.15, 0.2) is 5.78 Å². The number of carbonyl (C=O) groups excluding carboxylic acids is 3. The molecular weight excluding hydrogens is 462 g/mol. The highest BCUT2D eigenvalue weighted by Gasteiger charge is 2.29. The number of carboxylic acid groups (broad SMARTS) is 1. The summed E-state index contributed by atoms with van der Waals surface area (Å²) in [4.78, 5) is 50.1. The Balaban J connectivity index is 2.99. The van der Waals surface area contributed by atoms with Gasteiger partial charge in [0, 0.05) is 0 Å². The molecule has 9 heteroatoms. The summed E-state index contributed by atoms with van der Waals surface area (Å²) >= 11 is 0. The van der Waals surface area contributed by atoms with E-state index in [2.05, 4.69) is 16.0 Å². The standard InChI is InChI=1S/C27H43N3O6/c1-17(2)13-20(30-26(35)36-27(5,6)7)23(31)16-28-21(15-19-11-9-8-10-12-19)24(32)29-22(25(33)34)14-18(3)4/h8-12,17-18,20-22,28H,13-16H2,1-7H3,(H,29,32)(H,30,35)(H,33,34)/t20-,21-,22-/m0/s1. The van der Waals surface area contributed by atoms with Crippen molar-refractivity contribution in [3.63, 3.8) is 0 Å². The topological polar surface area (TPSA) is 134 Å². The molecule has 0 aliphatic heterocycles. The highest BCUT2D eigenvalue weighted by molar-refractivity contribution is 5.91. The SMILES string of the molecule is CC(C)C[C@H](NC(=O)[C@H](Cc1ccccc1)NCC(=O)[C@H](CC(C)C)NC(=O)OC(C)(C)C)C(=O)O. The van der Waals surface area contributed by atoms with Gasteiger partial charge in [0.25, 0.3) is 0 Å². The number of rotatable bonds is 14. The van der Waals surface area contributed by atoms with Crippen LogP contribution < -0.4 is 16.0 Å². The van der Waals surface area contributed by atoms with E-state index in [1.54, 1.807) is 20.8 Å². The van der Waals surface area contributed by atoms with Crippen LogP contribution >= 0.6 is 0 Å². The normalized spacial score (nSPS) is 14.1. The first kappa shape index (κ1) is 31.1. The molecule has 1 aromatic rings. The van der Waals surface area contributed by atoms with E-state index in [0.717, 1.165) is 5.56 Å².